The van der Waals surface area contributed by atoms with Crippen molar-refractivity contribution in [2.24, 2.45) is 11.3 Å². The highest BCUT2D eigenvalue weighted by atomic mass is 16.2. The normalized spacial score (nSPS) is 24.9. The van der Waals surface area contributed by atoms with Crippen LogP contribution in [0.4, 0.5) is 5.69 Å². The number of para-hydroxylation sites is 1. The van der Waals surface area contributed by atoms with Gasteiger partial charge < -0.3 is 21.3 Å². The Morgan fingerprint density at radius 2 is 1.93 bits per heavy atom. The summed E-state index contributed by atoms with van der Waals surface area (Å²) in [6, 6.07) is 9.61. The number of fused-ring (bicyclic) bond motifs is 1. The first kappa shape index (κ1) is 22.0. The Morgan fingerprint density at radius 3 is 2.67 bits per heavy atom. The maximum atomic E-state index is 13.1. The topological polar surface area (TPSA) is 106 Å². The molecule has 0 radical (unpaired) electrons. The van der Waals surface area contributed by atoms with Crippen molar-refractivity contribution in [3.05, 3.63) is 35.9 Å². The molecule has 2 atom stereocenters. The number of nitrogens with zero attached hydrogens (tertiary/aromatic N) is 1. The van der Waals surface area contributed by atoms with E-state index in [-0.39, 0.29) is 23.8 Å². The number of nitrogens with one attached hydrogen (secondary N) is 4. The smallest absolute Gasteiger partial charge is 0.256 e. The van der Waals surface area contributed by atoms with Gasteiger partial charge in [0.15, 0.2) is 0 Å². The standard InChI is InChI=1S/C23H31N5O2/c1-22(2)18(14-16-15-8-5-6-9-17(15)27-20(16)29)28-23(3,4)19(22)21(30)26-13-12-25-11-7-10-24/h5-6,8-9,14,18-19,25,28H,7,11-13H2,1-4H3,(H,26,30)(H,27,29)/b16-14-. The summed E-state index contributed by atoms with van der Waals surface area (Å²) < 4.78 is 0. The van der Waals surface area contributed by atoms with Gasteiger partial charge in [0, 0.05) is 54.5 Å². The van der Waals surface area contributed by atoms with Crippen LogP contribution < -0.4 is 21.3 Å². The average Bonchev–Trinajstić information content (AvgIpc) is 3.07. The van der Waals surface area contributed by atoms with Crippen LogP contribution in [0, 0.1) is 22.7 Å². The van der Waals surface area contributed by atoms with Crippen molar-refractivity contribution in [1.29, 1.82) is 5.26 Å². The fourth-order valence-electron chi connectivity index (χ4n) is 4.82. The van der Waals surface area contributed by atoms with E-state index in [1.807, 2.05) is 44.2 Å². The molecule has 30 heavy (non-hydrogen) atoms. The zero-order chi connectivity index (χ0) is 21.9. The summed E-state index contributed by atoms with van der Waals surface area (Å²) in [4.78, 5) is 25.6. The second-order valence-electron chi connectivity index (χ2n) is 9.13. The third-order valence-corrected chi connectivity index (χ3v) is 6.11. The summed E-state index contributed by atoms with van der Waals surface area (Å²) in [7, 11) is 0. The van der Waals surface area contributed by atoms with Gasteiger partial charge in [0.2, 0.25) is 5.91 Å². The molecule has 1 fully saturated rings. The van der Waals surface area contributed by atoms with Gasteiger partial charge in [-0.1, -0.05) is 38.1 Å². The summed E-state index contributed by atoms with van der Waals surface area (Å²) in [5.74, 6) is -0.384. The summed E-state index contributed by atoms with van der Waals surface area (Å²) >= 11 is 0. The van der Waals surface area contributed by atoms with Gasteiger partial charge in [0.05, 0.1) is 12.0 Å². The minimum absolute atomic E-state index is 0.00300. The maximum absolute atomic E-state index is 13.1. The second-order valence-corrected chi connectivity index (χ2v) is 9.13. The van der Waals surface area contributed by atoms with Gasteiger partial charge in [-0.25, -0.2) is 0 Å². The fourth-order valence-corrected chi connectivity index (χ4v) is 4.82. The van der Waals surface area contributed by atoms with Crippen LogP contribution in [0.5, 0.6) is 0 Å². The van der Waals surface area contributed by atoms with Crippen molar-refractivity contribution in [1.82, 2.24) is 16.0 Å². The van der Waals surface area contributed by atoms with E-state index in [0.717, 1.165) is 11.3 Å². The number of anilines is 1. The minimum Gasteiger partial charge on any atom is -0.355 e. The largest absolute Gasteiger partial charge is 0.355 e. The SMILES string of the molecule is CC1(C)NC(/C=C2\C(=O)Nc3ccccc32)C(C)(C)C1C(=O)NCCNCCC#N. The van der Waals surface area contributed by atoms with Gasteiger partial charge in [-0.3, -0.25) is 9.59 Å². The molecule has 1 saturated heterocycles. The van der Waals surface area contributed by atoms with Crippen molar-refractivity contribution < 1.29 is 9.59 Å². The third kappa shape index (κ3) is 4.25. The van der Waals surface area contributed by atoms with Crippen LogP contribution >= 0.6 is 0 Å². The third-order valence-electron chi connectivity index (χ3n) is 6.11. The van der Waals surface area contributed by atoms with E-state index in [0.29, 0.717) is 31.6 Å². The van der Waals surface area contributed by atoms with Crippen molar-refractivity contribution in [2.75, 3.05) is 25.0 Å². The monoisotopic (exact) mass is 409 g/mol. The van der Waals surface area contributed by atoms with E-state index in [1.165, 1.54) is 0 Å². The average molecular weight is 410 g/mol. The lowest BCUT2D eigenvalue weighted by molar-refractivity contribution is -0.129. The lowest BCUT2D eigenvalue weighted by atomic mass is 9.70. The molecule has 0 aromatic heterocycles. The number of carbonyl (C=O) groups is 2. The van der Waals surface area contributed by atoms with E-state index in [9.17, 15) is 9.59 Å². The van der Waals surface area contributed by atoms with Crippen LogP contribution in [-0.2, 0) is 9.59 Å². The Kier molecular flexibility index (Phi) is 6.30. The van der Waals surface area contributed by atoms with Crippen LogP contribution in [0.25, 0.3) is 5.57 Å². The number of benzene rings is 1. The fraction of sp³-hybridized carbons (Fsp3) is 0.522. The van der Waals surface area contributed by atoms with E-state index >= 15 is 0 Å². The number of carbonyl (C=O) groups excluding carboxylic acids is 2. The van der Waals surface area contributed by atoms with Crippen molar-refractivity contribution in [2.45, 2.75) is 45.7 Å². The lowest BCUT2D eigenvalue weighted by Crippen LogP contribution is -2.49. The molecule has 1 aromatic carbocycles. The van der Waals surface area contributed by atoms with Crippen molar-refractivity contribution in [3.63, 3.8) is 0 Å². The van der Waals surface area contributed by atoms with E-state index in [1.54, 1.807) is 0 Å². The van der Waals surface area contributed by atoms with Gasteiger partial charge in [-0.2, -0.15) is 5.26 Å². The molecule has 2 amide bonds. The minimum atomic E-state index is -0.432. The summed E-state index contributed by atoms with van der Waals surface area (Å²) in [6.45, 7) is 9.97. The van der Waals surface area contributed by atoms with Crippen LogP contribution in [0.15, 0.2) is 30.3 Å². The molecule has 7 nitrogen and oxygen atoms in total. The molecule has 0 bridgehead atoms. The summed E-state index contributed by atoms with van der Waals surface area (Å²) in [5.41, 5.74) is 1.54. The second kappa shape index (κ2) is 8.58. The molecule has 4 N–H and O–H groups in total. The van der Waals surface area contributed by atoms with Gasteiger partial charge in [-0.15, -0.1) is 0 Å². The highest BCUT2D eigenvalue weighted by molar-refractivity contribution is 6.31. The maximum Gasteiger partial charge on any atom is 0.256 e. The first-order valence-electron chi connectivity index (χ1n) is 10.4. The highest BCUT2D eigenvalue weighted by Gasteiger charge is 2.55. The first-order chi connectivity index (χ1) is 14.2. The summed E-state index contributed by atoms with van der Waals surface area (Å²) in [5, 5.41) is 21.2. The molecular formula is C23H31N5O2. The van der Waals surface area contributed by atoms with Gasteiger partial charge in [0.25, 0.3) is 5.91 Å². The van der Waals surface area contributed by atoms with Crippen LogP contribution in [-0.4, -0.2) is 43.0 Å². The molecule has 3 rings (SSSR count). The lowest BCUT2D eigenvalue weighted by Gasteiger charge is -2.33. The van der Waals surface area contributed by atoms with E-state index in [4.69, 9.17) is 5.26 Å². The van der Waals surface area contributed by atoms with Crippen molar-refractivity contribution >= 4 is 23.1 Å². The number of nitriles is 1. The Bertz CT molecular complexity index is 897. The molecule has 2 aliphatic heterocycles. The molecule has 1 aromatic rings. The van der Waals surface area contributed by atoms with E-state index < -0.39 is 11.0 Å². The predicted octanol–water partition coefficient (Wildman–Crippen LogP) is 2.03. The molecule has 2 heterocycles. The molecule has 2 aliphatic rings. The van der Waals surface area contributed by atoms with Crippen molar-refractivity contribution in [3.8, 4) is 6.07 Å². The molecule has 2 unspecified atom stereocenters. The predicted molar refractivity (Wildman–Crippen MR) is 117 cm³/mol. The Labute approximate surface area is 178 Å². The van der Waals surface area contributed by atoms with Gasteiger partial charge in [0.1, 0.15) is 0 Å². The Balaban J connectivity index is 1.74. The molecular weight excluding hydrogens is 378 g/mol. The molecule has 0 spiro atoms. The van der Waals surface area contributed by atoms with Crippen LogP contribution in [0.2, 0.25) is 0 Å². The molecule has 0 saturated carbocycles. The van der Waals surface area contributed by atoms with Gasteiger partial charge >= 0.3 is 0 Å². The van der Waals surface area contributed by atoms with Gasteiger partial charge in [-0.05, 0) is 25.3 Å². The molecule has 7 heteroatoms. The highest BCUT2D eigenvalue weighted by Crippen LogP contribution is 2.46. The van der Waals surface area contributed by atoms with E-state index in [2.05, 4.69) is 41.2 Å². The zero-order valence-electron chi connectivity index (χ0n) is 18.1. The molecule has 160 valence electrons. The van der Waals surface area contributed by atoms with Crippen LogP contribution in [0.1, 0.15) is 39.7 Å². The van der Waals surface area contributed by atoms with Crippen LogP contribution in [0.3, 0.4) is 0 Å². The quantitative estimate of drug-likeness (QED) is 0.407. The number of hydrogen-bond donors (Lipinski definition) is 4. The number of hydrogen-bond acceptors (Lipinski definition) is 5. The number of rotatable bonds is 7. The molecule has 0 aliphatic carbocycles. The Morgan fingerprint density at radius 1 is 1.20 bits per heavy atom. The number of amides is 2. The zero-order valence-corrected chi connectivity index (χ0v) is 18.1. The Hall–Kier alpha value is -2.69. The summed E-state index contributed by atoms with van der Waals surface area (Å²) in [6.07, 6.45) is 2.42. The first-order valence-corrected chi connectivity index (χ1v) is 10.4.